The van der Waals surface area contributed by atoms with Gasteiger partial charge in [0.2, 0.25) is 0 Å². The van der Waals surface area contributed by atoms with Gasteiger partial charge < -0.3 is 10.0 Å². The Kier molecular flexibility index (Phi) is 2.94. The third-order valence-corrected chi connectivity index (χ3v) is 2.96. The molecule has 0 saturated carbocycles. The fourth-order valence-electron chi connectivity index (χ4n) is 2.02. The van der Waals surface area contributed by atoms with E-state index in [2.05, 4.69) is 4.90 Å². The van der Waals surface area contributed by atoms with Crippen LogP contribution in [0.4, 0.5) is 5.69 Å². The maximum atomic E-state index is 9.19. The van der Waals surface area contributed by atoms with Gasteiger partial charge >= 0.3 is 0 Å². The molecule has 1 fully saturated rings. The Balaban J connectivity index is 2.21. The Bertz CT molecular complexity index is 316. The number of anilines is 1. The van der Waals surface area contributed by atoms with Gasteiger partial charge in [0, 0.05) is 17.3 Å². The molecule has 0 spiro atoms. The van der Waals surface area contributed by atoms with Gasteiger partial charge in [0.05, 0.1) is 12.6 Å². The Morgan fingerprint density at radius 1 is 1.50 bits per heavy atom. The van der Waals surface area contributed by atoms with Crippen molar-refractivity contribution < 1.29 is 5.11 Å². The van der Waals surface area contributed by atoms with Gasteiger partial charge in [-0.2, -0.15) is 0 Å². The second-order valence-electron chi connectivity index (χ2n) is 3.65. The summed E-state index contributed by atoms with van der Waals surface area (Å²) in [5.41, 5.74) is 1.12. The van der Waals surface area contributed by atoms with Crippen LogP contribution < -0.4 is 4.90 Å². The van der Waals surface area contributed by atoms with Crippen LogP contribution in [0.25, 0.3) is 0 Å². The molecular weight excluding hydrogens is 198 g/mol. The zero-order chi connectivity index (χ0) is 9.97. The predicted molar refractivity (Wildman–Crippen MR) is 58.9 cm³/mol. The minimum Gasteiger partial charge on any atom is -0.394 e. The van der Waals surface area contributed by atoms with E-state index in [1.165, 1.54) is 0 Å². The van der Waals surface area contributed by atoms with Crippen molar-refractivity contribution in [2.45, 2.75) is 18.9 Å². The average molecular weight is 212 g/mol. The molecule has 14 heavy (non-hydrogen) atoms. The van der Waals surface area contributed by atoms with Crippen LogP contribution in [0, 0.1) is 0 Å². The zero-order valence-electron chi connectivity index (χ0n) is 7.99. The van der Waals surface area contributed by atoms with E-state index in [4.69, 9.17) is 11.6 Å². The van der Waals surface area contributed by atoms with E-state index < -0.39 is 0 Å². The van der Waals surface area contributed by atoms with Gasteiger partial charge in [-0.25, -0.2) is 0 Å². The maximum Gasteiger partial charge on any atom is 0.0635 e. The van der Waals surface area contributed by atoms with Gasteiger partial charge in [-0.3, -0.25) is 0 Å². The summed E-state index contributed by atoms with van der Waals surface area (Å²) in [7, 11) is 0. The minimum atomic E-state index is 0.229. The molecule has 76 valence electrons. The molecule has 1 aromatic carbocycles. The molecule has 1 N–H and O–H groups in total. The lowest BCUT2D eigenvalue weighted by Gasteiger charge is -2.25. The molecule has 0 bridgehead atoms. The molecule has 1 aliphatic heterocycles. The quantitative estimate of drug-likeness (QED) is 0.812. The lowest BCUT2D eigenvalue weighted by Crippen LogP contribution is -2.31. The second-order valence-corrected chi connectivity index (χ2v) is 4.09. The molecule has 1 aromatic rings. The van der Waals surface area contributed by atoms with E-state index in [0.29, 0.717) is 0 Å². The summed E-state index contributed by atoms with van der Waals surface area (Å²) in [6.45, 7) is 1.25. The molecule has 1 saturated heterocycles. The van der Waals surface area contributed by atoms with Crippen LogP contribution in [0.5, 0.6) is 0 Å². The SMILES string of the molecule is OCC1CCCN1c1cccc(Cl)c1. The summed E-state index contributed by atoms with van der Waals surface area (Å²) >= 11 is 5.93. The second kappa shape index (κ2) is 4.20. The molecular formula is C11H14ClNO. The molecule has 2 nitrogen and oxygen atoms in total. The number of aliphatic hydroxyl groups is 1. The van der Waals surface area contributed by atoms with Gasteiger partial charge in [-0.15, -0.1) is 0 Å². The summed E-state index contributed by atoms with van der Waals surface area (Å²) in [6.07, 6.45) is 2.22. The monoisotopic (exact) mass is 211 g/mol. The highest BCUT2D eigenvalue weighted by Crippen LogP contribution is 2.27. The van der Waals surface area contributed by atoms with Crippen LogP contribution in [0.2, 0.25) is 5.02 Å². The summed E-state index contributed by atoms with van der Waals surface area (Å²) < 4.78 is 0. The smallest absolute Gasteiger partial charge is 0.0635 e. The third-order valence-electron chi connectivity index (χ3n) is 2.73. The van der Waals surface area contributed by atoms with Crippen LogP contribution in [-0.4, -0.2) is 24.3 Å². The molecule has 0 aromatic heterocycles. The summed E-state index contributed by atoms with van der Waals surface area (Å²) in [5, 5.41) is 9.95. The van der Waals surface area contributed by atoms with Crippen molar-refractivity contribution in [2.75, 3.05) is 18.1 Å². The first-order valence-electron chi connectivity index (χ1n) is 4.94. The van der Waals surface area contributed by atoms with E-state index in [1.54, 1.807) is 0 Å². The number of halogens is 1. The highest BCUT2D eigenvalue weighted by atomic mass is 35.5. The van der Waals surface area contributed by atoms with Gasteiger partial charge in [0.25, 0.3) is 0 Å². The summed E-state index contributed by atoms with van der Waals surface area (Å²) in [6, 6.07) is 8.09. The number of hydrogen-bond acceptors (Lipinski definition) is 2. The van der Waals surface area contributed by atoms with E-state index in [1.807, 2.05) is 24.3 Å². The van der Waals surface area contributed by atoms with Crippen molar-refractivity contribution in [3.63, 3.8) is 0 Å². The summed E-state index contributed by atoms with van der Waals surface area (Å²) in [5.74, 6) is 0. The zero-order valence-corrected chi connectivity index (χ0v) is 8.74. The minimum absolute atomic E-state index is 0.229. The standard InChI is InChI=1S/C11H14ClNO/c12-9-3-1-4-10(7-9)13-6-2-5-11(13)8-14/h1,3-4,7,11,14H,2,5-6,8H2. The van der Waals surface area contributed by atoms with E-state index in [0.717, 1.165) is 30.1 Å². The Labute approximate surface area is 89.1 Å². The Hall–Kier alpha value is -0.730. The lowest BCUT2D eigenvalue weighted by atomic mass is 10.2. The molecule has 1 atom stereocenters. The molecule has 0 aliphatic carbocycles. The first-order valence-corrected chi connectivity index (χ1v) is 5.32. The van der Waals surface area contributed by atoms with Crippen LogP contribution in [0.3, 0.4) is 0 Å². The van der Waals surface area contributed by atoms with Crippen LogP contribution in [0.1, 0.15) is 12.8 Å². The number of hydrogen-bond donors (Lipinski definition) is 1. The molecule has 0 amide bonds. The lowest BCUT2D eigenvalue weighted by molar-refractivity contribution is 0.266. The van der Waals surface area contributed by atoms with E-state index >= 15 is 0 Å². The molecule has 0 radical (unpaired) electrons. The first-order chi connectivity index (χ1) is 6.81. The first kappa shape index (κ1) is 9.81. The predicted octanol–water partition coefficient (Wildman–Crippen LogP) is 2.30. The molecule has 2 rings (SSSR count). The van der Waals surface area contributed by atoms with Crippen molar-refractivity contribution >= 4 is 17.3 Å². The van der Waals surface area contributed by atoms with Gasteiger partial charge in [0.15, 0.2) is 0 Å². The van der Waals surface area contributed by atoms with E-state index in [9.17, 15) is 5.11 Å². The normalized spacial score (nSPS) is 21.6. The molecule has 3 heteroatoms. The van der Waals surface area contributed by atoms with Crippen molar-refractivity contribution in [1.29, 1.82) is 0 Å². The summed E-state index contributed by atoms with van der Waals surface area (Å²) in [4.78, 5) is 2.23. The van der Waals surface area contributed by atoms with Crippen LogP contribution >= 0.6 is 11.6 Å². The Morgan fingerprint density at radius 2 is 2.36 bits per heavy atom. The van der Waals surface area contributed by atoms with Gasteiger partial charge in [-0.1, -0.05) is 17.7 Å². The fourth-order valence-corrected chi connectivity index (χ4v) is 2.20. The van der Waals surface area contributed by atoms with Crippen molar-refractivity contribution in [2.24, 2.45) is 0 Å². The number of aliphatic hydroxyl groups excluding tert-OH is 1. The average Bonchev–Trinajstić information content (AvgIpc) is 2.65. The van der Waals surface area contributed by atoms with Crippen molar-refractivity contribution in [3.05, 3.63) is 29.3 Å². The topological polar surface area (TPSA) is 23.5 Å². The fraction of sp³-hybridized carbons (Fsp3) is 0.455. The molecule has 1 unspecified atom stereocenters. The van der Waals surface area contributed by atoms with E-state index in [-0.39, 0.29) is 12.6 Å². The van der Waals surface area contributed by atoms with Gasteiger partial charge in [-0.05, 0) is 31.0 Å². The third kappa shape index (κ3) is 1.86. The number of rotatable bonds is 2. The molecule has 1 aliphatic rings. The van der Waals surface area contributed by atoms with Crippen molar-refractivity contribution in [3.8, 4) is 0 Å². The van der Waals surface area contributed by atoms with Crippen LogP contribution in [0.15, 0.2) is 24.3 Å². The molecule has 1 heterocycles. The largest absolute Gasteiger partial charge is 0.394 e. The van der Waals surface area contributed by atoms with Crippen LogP contribution in [-0.2, 0) is 0 Å². The maximum absolute atomic E-state index is 9.19. The Morgan fingerprint density at radius 3 is 3.07 bits per heavy atom. The number of nitrogens with zero attached hydrogens (tertiary/aromatic N) is 1. The highest BCUT2D eigenvalue weighted by molar-refractivity contribution is 6.30. The highest BCUT2D eigenvalue weighted by Gasteiger charge is 2.23. The number of benzene rings is 1. The van der Waals surface area contributed by atoms with Gasteiger partial charge in [0.1, 0.15) is 0 Å². The van der Waals surface area contributed by atoms with Crippen molar-refractivity contribution in [1.82, 2.24) is 0 Å².